The standard InChI is InChI=1S/C12H20N2O3/c1-12(2,7-13)8-14(3)5-9-4-10(15)11(16)6-17-9/h4,6,16H,5,7-8,13H2,1-3H3. The molecule has 1 aromatic heterocycles. The molecule has 5 heteroatoms. The molecule has 0 spiro atoms. The van der Waals surface area contributed by atoms with Gasteiger partial charge < -0.3 is 15.3 Å². The van der Waals surface area contributed by atoms with Crippen LogP contribution in [-0.2, 0) is 6.54 Å². The third kappa shape index (κ3) is 4.20. The minimum Gasteiger partial charge on any atom is -0.502 e. The van der Waals surface area contributed by atoms with Gasteiger partial charge in [0.1, 0.15) is 12.0 Å². The Kier molecular flexibility index (Phi) is 4.31. The van der Waals surface area contributed by atoms with E-state index in [9.17, 15) is 4.79 Å². The first-order valence-corrected chi connectivity index (χ1v) is 5.53. The zero-order chi connectivity index (χ0) is 13.1. The number of hydrogen-bond donors (Lipinski definition) is 2. The summed E-state index contributed by atoms with van der Waals surface area (Å²) in [5.41, 5.74) is 5.26. The summed E-state index contributed by atoms with van der Waals surface area (Å²) < 4.78 is 5.13. The SMILES string of the molecule is CN(Cc1cc(=O)c(O)co1)CC(C)(C)CN. The van der Waals surface area contributed by atoms with Crippen molar-refractivity contribution in [2.45, 2.75) is 20.4 Å². The number of nitrogens with zero attached hydrogens (tertiary/aromatic N) is 1. The van der Waals surface area contributed by atoms with Crippen LogP contribution in [-0.4, -0.2) is 30.1 Å². The van der Waals surface area contributed by atoms with Crippen molar-refractivity contribution in [2.75, 3.05) is 20.1 Å². The van der Waals surface area contributed by atoms with E-state index in [1.807, 2.05) is 11.9 Å². The normalized spacial score (nSPS) is 12.1. The van der Waals surface area contributed by atoms with Gasteiger partial charge in [0, 0.05) is 12.6 Å². The smallest absolute Gasteiger partial charge is 0.226 e. The summed E-state index contributed by atoms with van der Waals surface area (Å²) in [6.45, 7) is 6.07. The Morgan fingerprint density at radius 3 is 2.71 bits per heavy atom. The van der Waals surface area contributed by atoms with Gasteiger partial charge in [-0.05, 0) is 19.0 Å². The van der Waals surface area contributed by atoms with Crippen molar-refractivity contribution in [1.29, 1.82) is 0 Å². The zero-order valence-corrected chi connectivity index (χ0v) is 10.6. The second-order valence-corrected chi connectivity index (χ2v) is 5.14. The van der Waals surface area contributed by atoms with Crippen LogP contribution in [0.4, 0.5) is 0 Å². The van der Waals surface area contributed by atoms with Gasteiger partial charge in [-0.25, -0.2) is 0 Å². The largest absolute Gasteiger partial charge is 0.502 e. The summed E-state index contributed by atoms with van der Waals surface area (Å²) in [4.78, 5) is 13.2. The fraction of sp³-hybridized carbons (Fsp3) is 0.583. The average Bonchev–Trinajstić information content (AvgIpc) is 2.23. The topological polar surface area (TPSA) is 79.7 Å². The van der Waals surface area contributed by atoms with Crippen LogP contribution in [0.15, 0.2) is 21.5 Å². The van der Waals surface area contributed by atoms with Crippen molar-refractivity contribution in [2.24, 2.45) is 11.1 Å². The first-order valence-electron chi connectivity index (χ1n) is 5.53. The maximum atomic E-state index is 11.2. The van der Waals surface area contributed by atoms with Gasteiger partial charge in [0.2, 0.25) is 5.43 Å². The van der Waals surface area contributed by atoms with Crippen molar-refractivity contribution in [3.8, 4) is 5.75 Å². The van der Waals surface area contributed by atoms with Crippen LogP contribution in [0.1, 0.15) is 19.6 Å². The second kappa shape index (κ2) is 5.33. The van der Waals surface area contributed by atoms with E-state index in [0.29, 0.717) is 18.8 Å². The Labute approximate surface area is 101 Å². The molecule has 0 radical (unpaired) electrons. The highest BCUT2D eigenvalue weighted by atomic mass is 16.4. The number of nitrogens with two attached hydrogens (primary N) is 1. The Hall–Kier alpha value is -1.33. The van der Waals surface area contributed by atoms with Gasteiger partial charge in [-0.1, -0.05) is 13.8 Å². The molecular weight excluding hydrogens is 220 g/mol. The molecular formula is C12H20N2O3. The van der Waals surface area contributed by atoms with Crippen molar-refractivity contribution in [3.63, 3.8) is 0 Å². The predicted octanol–water partition coefficient (Wildman–Crippen LogP) is 0.762. The van der Waals surface area contributed by atoms with Gasteiger partial charge in [0.15, 0.2) is 5.75 Å². The monoisotopic (exact) mass is 240 g/mol. The Morgan fingerprint density at radius 2 is 2.18 bits per heavy atom. The molecule has 1 heterocycles. The highest BCUT2D eigenvalue weighted by Gasteiger charge is 2.18. The molecule has 0 saturated heterocycles. The van der Waals surface area contributed by atoms with Crippen LogP contribution in [0.2, 0.25) is 0 Å². The van der Waals surface area contributed by atoms with Crippen LogP contribution < -0.4 is 11.2 Å². The third-order valence-corrected chi connectivity index (χ3v) is 2.54. The molecule has 0 aliphatic carbocycles. The summed E-state index contributed by atoms with van der Waals surface area (Å²) in [7, 11) is 1.93. The number of aromatic hydroxyl groups is 1. The van der Waals surface area contributed by atoms with Crippen LogP contribution in [0.5, 0.6) is 5.75 Å². The predicted molar refractivity (Wildman–Crippen MR) is 65.8 cm³/mol. The molecule has 0 aliphatic rings. The van der Waals surface area contributed by atoms with Crippen molar-refractivity contribution in [3.05, 3.63) is 28.3 Å². The van der Waals surface area contributed by atoms with E-state index in [1.54, 1.807) is 0 Å². The molecule has 0 fully saturated rings. The lowest BCUT2D eigenvalue weighted by atomic mass is 9.93. The molecule has 0 aliphatic heterocycles. The number of rotatable bonds is 5. The fourth-order valence-electron chi connectivity index (χ4n) is 1.64. The Morgan fingerprint density at radius 1 is 1.53 bits per heavy atom. The van der Waals surface area contributed by atoms with Crippen LogP contribution in [0.25, 0.3) is 0 Å². The first kappa shape index (κ1) is 13.7. The molecule has 3 N–H and O–H groups in total. The minimum absolute atomic E-state index is 0.0198. The summed E-state index contributed by atoms with van der Waals surface area (Å²) in [5, 5.41) is 9.07. The second-order valence-electron chi connectivity index (χ2n) is 5.14. The molecule has 0 saturated carbocycles. The van der Waals surface area contributed by atoms with Gasteiger partial charge in [0.05, 0.1) is 6.54 Å². The van der Waals surface area contributed by atoms with Crippen molar-refractivity contribution < 1.29 is 9.52 Å². The molecule has 0 amide bonds. The van der Waals surface area contributed by atoms with E-state index in [-0.39, 0.29) is 11.2 Å². The molecule has 5 nitrogen and oxygen atoms in total. The molecule has 96 valence electrons. The van der Waals surface area contributed by atoms with E-state index in [0.717, 1.165) is 12.8 Å². The van der Waals surface area contributed by atoms with Gasteiger partial charge in [-0.15, -0.1) is 0 Å². The highest BCUT2D eigenvalue weighted by Crippen LogP contribution is 2.15. The van der Waals surface area contributed by atoms with E-state index in [1.165, 1.54) is 6.07 Å². The maximum absolute atomic E-state index is 11.2. The summed E-state index contributed by atoms with van der Waals surface area (Å²) >= 11 is 0. The minimum atomic E-state index is -0.419. The summed E-state index contributed by atoms with van der Waals surface area (Å²) in [6, 6.07) is 1.31. The lowest BCUT2D eigenvalue weighted by molar-refractivity contribution is 0.196. The van der Waals surface area contributed by atoms with Crippen LogP contribution in [0.3, 0.4) is 0 Å². The Balaban J connectivity index is 2.65. The van der Waals surface area contributed by atoms with E-state index in [2.05, 4.69) is 13.8 Å². The molecule has 17 heavy (non-hydrogen) atoms. The molecule has 0 bridgehead atoms. The molecule has 1 rings (SSSR count). The van der Waals surface area contributed by atoms with E-state index < -0.39 is 5.43 Å². The molecule has 0 aromatic carbocycles. The van der Waals surface area contributed by atoms with Gasteiger partial charge in [-0.2, -0.15) is 0 Å². The summed E-state index contributed by atoms with van der Waals surface area (Å²) in [6.07, 6.45) is 1.07. The number of hydrogen-bond acceptors (Lipinski definition) is 5. The van der Waals surface area contributed by atoms with Crippen LogP contribution >= 0.6 is 0 Å². The van der Waals surface area contributed by atoms with E-state index in [4.69, 9.17) is 15.3 Å². The maximum Gasteiger partial charge on any atom is 0.226 e. The van der Waals surface area contributed by atoms with Crippen molar-refractivity contribution >= 4 is 0 Å². The zero-order valence-electron chi connectivity index (χ0n) is 10.6. The third-order valence-electron chi connectivity index (χ3n) is 2.54. The molecule has 0 atom stereocenters. The molecule has 1 aromatic rings. The van der Waals surface area contributed by atoms with Gasteiger partial charge >= 0.3 is 0 Å². The van der Waals surface area contributed by atoms with Crippen molar-refractivity contribution in [1.82, 2.24) is 4.90 Å². The fourth-order valence-corrected chi connectivity index (χ4v) is 1.64. The van der Waals surface area contributed by atoms with Gasteiger partial charge in [-0.3, -0.25) is 9.69 Å². The molecule has 0 unspecified atom stereocenters. The first-order chi connectivity index (χ1) is 7.84. The van der Waals surface area contributed by atoms with Gasteiger partial charge in [0.25, 0.3) is 0 Å². The van der Waals surface area contributed by atoms with Crippen LogP contribution in [0, 0.1) is 5.41 Å². The highest BCUT2D eigenvalue weighted by molar-refractivity contribution is 5.15. The Bertz CT molecular complexity index is 426. The quantitative estimate of drug-likeness (QED) is 0.794. The lowest BCUT2D eigenvalue weighted by Gasteiger charge is -2.28. The average molecular weight is 240 g/mol. The van der Waals surface area contributed by atoms with E-state index >= 15 is 0 Å². The summed E-state index contributed by atoms with van der Waals surface area (Å²) in [5.74, 6) is 0.168. The lowest BCUT2D eigenvalue weighted by Crippen LogP contribution is -2.36.